The average molecular weight is 1860 g/mol. The standard InChI is InChI=1S/C18H24F3N5.2C11H7ClF3N3.2C11H8F3N3O.C7H6F3N.C7H18N2.C5H6N2OS/c1-17(2,12-26(3)4)11-23-15-8-9-22-16(25-15)24-14-7-5-6-13(10-14)18(19,20)21;2*12-9-4-5-16-10(18-9)17-8-3-1-2-7(6-8)11(13,14)15;2*12-11(13,14)7-2-1-3-8(6-7)16-10-15-5-4-9(18)17-10;8-7(9,10)5-2-1-3-6(11)4-5;1-7(2,5-8)6-9(3)4;1-9-5-6-3-2-4(8)7-5/h5-10H,11-12H2,1-4H3,(H2,22,23,24,25);2*1-6H,(H,16,17,18);2*1-6H,(H2,15,16,17,18);1-4H,11H2;5-6,8H2,1-4H3;2-3H,1H3,(H,6,7,8). The highest BCUT2D eigenvalue weighted by Gasteiger charge is 2.35. The SMILES string of the molecule is CN(C)CC(C)(C)CN.CN(C)CC(C)(C)CNc1ccnc(Nc2cccc(C(F)(F)F)c2)n1.CSc1nccc(=O)[nH]1.FC(F)(F)c1cccc(Nc2nccc(Cl)n2)c1.FC(F)(F)c1cccc(Nc2nccc(Cl)n2)c1.Nc1cccc(C(F)(F)F)c1.O=c1ccnc(Nc2cccc(C(F)(F)F)c2)[nH]1.O=c1ccnc(Nc2cccc(C(F)(F)F)c2)[nH]1. The summed E-state index contributed by atoms with van der Waals surface area (Å²) in [6, 6.07) is 36.7. The predicted octanol–water partition coefficient (Wildman–Crippen LogP) is 20.4. The van der Waals surface area contributed by atoms with Gasteiger partial charge in [-0.2, -0.15) is 84.0 Å². The van der Waals surface area contributed by atoms with Crippen LogP contribution in [0.2, 0.25) is 10.3 Å². The Hall–Kier alpha value is -12.7. The lowest BCUT2D eigenvalue weighted by Crippen LogP contribution is -2.34. The molecule has 12 rings (SSSR count). The molecule has 46 heteroatoms. The Morgan fingerprint density at radius 3 is 0.937 bits per heavy atom. The number of H-pyrrole nitrogens is 3. The maximum Gasteiger partial charge on any atom is 0.416 e. The minimum absolute atomic E-state index is 0.0308. The zero-order valence-electron chi connectivity index (χ0n) is 68.4. The number of thioether (sulfide) groups is 1. The molecule has 0 unspecified atom stereocenters. The minimum atomic E-state index is -4.41. The van der Waals surface area contributed by atoms with Gasteiger partial charge in [0.2, 0.25) is 29.7 Å². The fraction of sp³-hybridized carbons (Fsp3) is 0.259. The zero-order chi connectivity index (χ0) is 94.7. The van der Waals surface area contributed by atoms with Crippen LogP contribution in [0.4, 0.5) is 149 Å². The van der Waals surface area contributed by atoms with E-state index in [-0.39, 0.29) is 102 Å². The first-order valence-electron chi connectivity index (χ1n) is 36.5. The van der Waals surface area contributed by atoms with Crippen molar-refractivity contribution in [3.05, 3.63) is 294 Å². The molecule has 6 aromatic heterocycles. The number of nitrogens with two attached hydrogens (primary N) is 2. The van der Waals surface area contributed by atoms with Crippen molar-refractivity contribution in [3.63, 3.8) is 0 Å². The maximum atomic E-state index is 12.8. The Kier molecular flexibility index (Phi) is 39.8. The summed E-state index contributed by atoms with van der Waals surface area (Å²) in [4.78, 5) is 79.2. The quantitative estimate of drug-likeness (QED) is 0.0118. The molecule has 0 bridgehead atoms. The molecule has 0 amide bonds. The van der Waals surface area contributed by atoms with E-state index in [9.17, 15) is 93.4 Å². The largest absolute Gasteiger partial charge is 0.416 e. The lowest BCUT2D eigenvalue weighted by molar-refractivity contribution is -0.138. The van der Waals surface area contributed by atoms with Gasteiger partial charge in [-0.1, -0.05) is 99.1 Å². The molecule has 0 aliphatic rings. The second-order valence-corrected chi connectivity index (χ2v) is 29.8. The van der Waals surface area contributed by atoms with Crippen LogP contribution in [-0.2, 0) is 37.1 Å². The highest BCUT2D eigenvalue weighted by Crippen LogP contribution is 2.37. The van der Waals surface area contributed by atoms with E-state index in [4.69, 9.17) is 34.7 Å². The van der Waals surface area contributed by atoms with Crippen molar-refractivity contribution in [1.82, 2.24) is 69.6 Å². The minimum Gasteiger partial charge on any atom is -0.399 e. The maximum absolute atomic E-state index is 12.8. The number of aromatic nitrogens is 12. The number of benzene rings is 6. The van der Waals surface area contributed by atoms with Crippen molar-refractivity contribution in [2.45, 2.75) is 69.9 Å². The van der Waals surface area contributed by atoms with Crippen LogP contribution in [0, 0.1) is 10.8 Å². The van der Waals surface area contributed by atoms with Crippen molar-refractivity contribution < 1.29 is 79.0 Å². The van der Waals surface area contributed by atoms with E-state index in [0.717, 1.165) is 92.4 Å². The van der Waals surface area contributed by atoms with Gasteiger partial charge in [0, 0.05) is 109 Å². The highest BCUT2D eigenvalue weighted by molar-refractivity contribution is 7.98. The Bertz CT molecular complexity index is 5380. The second-order valence-electron chi connectivity index (χ2n) is 28.2. The van der Waals surface area contributed by atoms with E-state index in [2.05, 4.69) is 143 Å². The molecule has 127 heavy (non-hydrogen) atoms. The normalized spacial score (nSPS) is 11.5. The van der Waals surface area contributed by atoms with Gasteiger partial charge in [0.15, 0.2) is 5.16 Å². The molecular weight excluding hydrogens is 1770 g/mol. The molecule has 0 aliphatic heterocycles. The van der Waals surface area contributed by atoms with Gasteiger partial charge in [0.25, 0.3) is 16.7 Å². The van der Waals surface area contributed by atoms with E-state index in [0.29, 0.717) is 17.5 Å². The van der Waals surface area contributed by atoms with Crippen molar-refractivity contribution in [2.24, 2.45) is 16.6 Å². The number of aromatic amines is 3. The van der Waals surface area contributed by atoms with Crippen molar-refractivity contribution in [3.8, 4) is 0 Å². The molecule has 0 aliphatic carbocycles. The number of hydrogen-bond acceptors (Lipinski definition) is 23. The van der Waals surface area contributed by atoms with Crippen molar-refractivity contribution in [1.29, 1.82) is 0 Å². The topological polar surface area (TPSA) is 345 Å². The number of nitrogens with zero attached hydrogens (tertiary/aromatic N) is 11. The Morgan fingerprint density at radius 1 is 0.370 bits per heavy atom. The summed E-state index contributed by atoms with van der Waals surface area (Å²) in [5.74, 6) is 1.30. The Labute approximate surface area is 728 Å². The van der Waals surface area contributed by atoms with Crippen LogP contribution in [-0.4, -0.2) is 130 Å². The third kappa shape index (κ3) is 41.4. The molecule has 0 fully saturated rings. The fourth-order valence-corrected chi connectivity index (χ4v) is 10.7. The summed E-state index contributed by atoms with van der Waals surface area (Å²) in [5, 5.41) is 17.6. The number of nitrogen functional groups attached to an aromatic ring is 1. The third-order valence-corrected chi connectivity index (χ3v) is 16.3. The van der Waals surface area contributed by atoms with Crippen LogP contribution in [0.1, 0.15) is 61.1 Å². The summed E-state index contributed by atoms with van der Waals surface area (Å²) in [7, 11) is 8.17. The van der Waals surface area contributed by atoms with E-state index < -0.39 is 70.4 Å². The van der Waals surface area contributed by atoms with Crippen molar-refractivity contribution in [2.75, 3.05) is 98.3 Å². The van der Waals surface area contributed by atoms with Crippen LogP contribution in [0.25, 0.3) is 0 Å². The summed E-state index contributed by atoms with van der Waals surface area (Å²) < 4.78 is 224. The first-order chi connectivity index (χ1) is 59.1. The first kappa shape index (κ1) is 105. The molecule has 0 saturated heterocycles. The second kappa shape index (κ2) is 48.2. The lowest BCUT2D eigenvalue weighted by Gasteiger charge is -2.28. The lowest BCUT2D eigenvalue weighted by atomic mass is 9.93. The summed E-state index contributed by atoms with van der Waals surface area (Å²) in [6.07, 6.45) is -16.0. The van der Waals surface area contributed by atoms with Crippen molar-refractivity contribution >= 4 is 105 Å². The average Bonchev–Trinajstić information content (AvgIpc) is 0.855. The number of alkyl halides is 18. The molecule has 6 aromatic carbocycles. The summed E-state index contributed by atoms with van der Waals surface area (Å²) >= 11 is 12.7. The molecule has 6 heterocycles. The van der Waals surface area contributed by atoms with Crippen LogP contribution in [0.15, 0.2) is 239 Å². The molecule has 13 N–H and O–H groups in total. The van der Waals surface area contributed by atoms with E-state index >= 15 is 0 Å². The van der Waals surface area contributed by atoms with Gasteiger partial charge in [-0.3, -0.25) is 24.4 Å². The molecule has 0 spiro atoms. The first-order valence-corrected chi connectivity index (χ1v) is 38.5. The number of anilines is 12. The van der Waals surface area contributed by atoms with Gasteiger partial charge in [0.1, 0.15) is 16.1 Å². The molecular formula is C81H84Cl2F18N22O3S. The van der Waals surface area contributed by atoms with E-state index in [1.807, 2.05) is 20.4 Å². The van der Waals surface area contributed by atoms with Gasteiger partial charge in [-0.25, -0.2) is 39.9 Å². The highest BCUT2D eigenvalue weighted by atomic mass is 35.5. The predicted molar refractivity (Wildman–Crippen MR) is 454 cm³/mol. The monoisotopic (exact) mass is 1860 g/mol. The van der Waals surface area contributed by atoms with E-state index in [1.54, 1.807) is 18.3 Å². The molecule has 682 valence electrons. The van der Waals surface area contributed by atoms with Gasteiger partial charge in [-0.05, 0) is 179 Å². The number of halogens is 20. The van der Waals surface area contributed by atoms with Gasteiger partial charge in [0.05, 0.1) is 33.4 Å². The Balaban J connectivity index is 0.000000263. The van der Waals surface area contributed by atoms with Crippen LogP contribution in [0.5, 0.6) is 0 Å². The molecule has 0 radical (unpaired) electrons. The van der Waals surface area contributed by atoms with Crippen LogP contribution < -0.4 is 60.0 Å². The van der Waals surface area contributed by atoms with Crippen LogP contribution >= 0.6 is 35.0 Å². The summed E-state index contributed by atoms with van der Waals surface area (Å²) in [5.41, 5.74) is 6.92. The summed E-state index contributed by atoms with van der Waals surface area (Å²) in [6.45, 7) is 12.0. The smallest absolute Gasteiger partial charge is 0.399 e. The molecule has 25 nitrogen and oxygen atoms in total. The van der Waals surface area contributed by atoms with Gasteiger partial charge in [-0.15, -0.1) is 0 Å². The third-order valence-electron chi connectivity index (χ3n) is 15.3. The number of rotatable bonds is 19. The molecule has 0 saturated carbocycles. The molecule has 0 atom stereocenters. The number of hydrogen-bond donors (Lipinski definition) is 11. The molecule has 12 aromatic rings. The van der Waals surface area contributed by atoms with Crippen LogP contribution in [0.3, 0.4) is 0 Å². The van der Waals surface area contributed by atoms with Gasteiger partial charge < -0.3 is 58.2 Å². The fourth-order valence-electron chi connectivity index (χ4n) is 10.0. The van der Waals surface area contributed by atoms with Gasteiger partial charge >= 0.3 is 37.1 Å². The van der Waals surface area contributed by atoms with E-state index in [1.165, 1.54) is 140 Å². The Morgan fingerprint density at radius 2 is 0.661 bits per heavy atom. The zero-order valence-corrected chi connectivity index (χ0v) is 70.7. The number of nitrogens with one attached hydrogen (secondary N) is 9.